The predicted octanol–water partition coefficient (Wildman–Crippen LogP) is 2.56. The SMILES string of the molecule is C[C@H]1C[C@@H](C(=O)Nc2ccc(Cl)c(C(=O)NC3CC3)c2)CCN1. The van der Waals surface area contributed by atoms with Gasteiger partial charge in [-0.2, -0.15) is 0 Å². The lowest BCUT2D eigenvalue weighted by Crippen LogP contribution is -2.40. The molecule has 1 saturated heterocycles. The van der Waals surface area contributed by atoms with Gasteiger partial charge in [0.1, 0.15) is 0 Å². The Morgan fingerprint density at radius 1 is 1.26 bits per heavy atom. The molecule has 1 heterocycles. The van der Waals surface area contributed by atoms with Crippen molar-refractivity contribution >= 4 is 29.1 Å². The number of halogens is 1. The Bertz CT molecular complexity index is 616. The minimum absolute atomic E-state index is 0.00525. The number of anilines is 1. The number of carbonyl (C=O) groups excluding carboxylic acids is 2. The highest BCUT2D eigenvalue weighted by atomic mass is 35.5. The van der Waals surface area contributed by atoms with Crippen molar-refractivity contribution in [2.75, 3.05) is 11.9 Å². The van der Waals surface area contributed by atoms with Crippen molar-refractivity contribution < 1.29 is 9.59 Å². The van der Waals surface area contributed by atoms with Gasteiger partial charge < -0.3 is 16.0 Å². The van der Waals surface area contributed by atoms with E-state index in [-0.39, 0.29) is 23.8 Å². The van der Waals surface area contributed by atoms with Crippen LogP contribution < -0.4 is 16.0 Å². The van der Waals surface area contributed by atoms with Crippen molar-refractivity contribution in [2.45, 2.75) is 44.7 Å². The third-order valence-corrected chi connectivity index (χ3v) is 4.72. The molecule has 5 nitrogen and oxygen atoms in total. The fraction of sp³-hybridized carbons (Fsp3) is 0.529. The number of hydrogen-bond donors (Lipinski definition) is 3. The molecule has 0 bridgehead atoms. The van der Waals surface area contributed by atoms with Gasteiger partial charge in [-0.3, -0.25) is 9.59 Å². The molecule has 1 saturated carbocycles. The quantitative estimate of drug-likeness (QED) is 0.792. The highest BCUT2D eigenvalue weighted by molar-refractivity contribution is 6.34. The average Bonchev–Trinajstić information content (AvgIpc) is 3.33. The monoisotopic (exact) mass is 335 g/mol. The molecule has 23 heavy (non-hydrogen) atoms. The van der Waals surface area contributed by atoms with Crippen LogP contribution in [0.25, 0.3) is 0 Å². The van der Waals surface area contributed by atoms with Crippen LogP contribution in [-0.4, -0.2) is 30.4 Å². The summed E-state index contributed by atoms with van der Waals surface area (Å²) in [5.74, 6) is -0.163. The first-order valence-corrected chi connectivity index (χ1v) is 8.55. The molecule has 124 valence electrons. The summed E-state index contributed by atoms with van der Waals surface area (Å²) < 4.78 is 0. The summed E-state index contributed by atoms with van der Waals surface area (Å²) >= 11 is 6.12. The minimum Gasteiger partial charge on any atom is -0.349 e. The molecule has 6 heteroatoms. The van der Waals surface area contributed by atoms with E-state index in [1.807, 2.05) is 0 Å². The lowest BCUT2D eigenvalue weighted by Gasteiger charge is -2.27. The fourth-order valence-corrected chi connectivity index (χ4v) is 3.09. The summed E-state index contributed by atoms with van der Waals surface area (Å²) in [5, 5.41) is 9.57. The Balaban J connectivity index is 1.67. The number of hydrogen-bond acceptors (Lipinski definition) is 3. The Hall–Kier alpha value is -1.59. The van der Waals surface area contributed by atoms with Gasteiger partial charge in [0.25, 0.3) is 5.91 Å². The van der Waals surface area contributed by atoms with Gasteiger partial charge in [-0.25, -0.2) is 0 Å². The van der Waals surface area contributed by atoms with Crippen LogP contribution in [0.1, 0.15) is 43.0 Å². The lowest BCUT2D eigenvalue weighted by atomic mass is 9.92. The van der Waals surface area contributed by atoms with Crippen LogP contribution in [-0.2, 0) is 4.79 Å². The van der Waals surface area contributed by atoms with E-state index in [0.717, 1.165) is 32.2 Å². The maximum absolute atomic E-state index is 12.4. The van der Waals surface area contributed by atoms with E-state index in [1.54, 1.807) is 18.2 Å². The van der Waals surface area contributed by atoms with Gasteiger partial charge in [-0.05, 0) is 57.4 Å². The zero-order chi connectivity index (χ0) is 16.4. The van der Waals surface area contributed by atoms with Crippen molar-refractivity contribution in [3.05, 3.63) is 28.8 Å². The van der Waals surface area contributed by atoms with E-state index in [0.29, 0.717) is 22.3 Å². The Kier molecular flexibility index (Phi) is 4.87. The molecule has 1 aromatic carbocycles. The van der Waals surface area contributed by atoms with E-state index in [2.05, 4.69) is 22.9 Å². The fourth-order valence-electron chi connectivity index (χ4n) is 2.88. The number of nitrogens with one attached hydrogen (secondary N) is 3. The van der Waals surface area contributed by atoms with E-state index in [4.69, 9.17) is 11.6 Å². The summed E-state index contributed by atoms with van der Waals surface area (Å²) in [6.45, 7) is 2.94. The van der Waals surface area contributed by atoms with E-state index in [1.165, 1.54) is 0 Å². The number of piperidine rings is 1. The largest absolute Gasteiger partial charge is 0.349 e. The van der Waals surface area contributed by atoms with Gasteiger partial charge in [0.2, 0.25) is 5.91 Å². The number of carbonyl (C=O) groups is 2. The summed E-state index contributed by atoms with van der Waals surface area (Å²) in [5.41, 5.74) is 1.03. The second-order valence-electron chi connectivity index (χ2n) is 6.51. The zero-order valence-corrected chi connectivity index (χ0v) is 14.0. The van der Waals surface area contributed by atoms with Gasteiger partial charge >= 0.3 is 0 Å². The van der Waals surface area contributed by atoms with Gasteiger partial charge in [-0.15, -0.1) is 0 Å². The molecular formula is C17H22ClN3O2. The summed E-state index contributed by atoms with van der Waals surface area (Å²) in [6, 6.07) is 5.67. The molecule has 0 unspecified atom stereocenters. The maximum Gasteiger partial charge on any atom is 0.253 e. The standard InChI is InChI=1S/C17H22ClN3O2/c1-10-8-11(6-7-19-10)16(22)21-13-4-5-15(18)14(9-13)17(23)20-12-2-3-12/h4-5,9-12,19H,2-3,6-8H2,1H3,(H,20,23)(H,21,22)/t10-,11-/m0/s1. The van der Waals surface area contributed by atoms with E-state index < -0.39 is 0 Å². The molecule has 2 atom stereocenters. The van der Waals surface area contributed by atoms with Gasteiger partial charge in [0.15, 0.2) is 0 Å². The highest BCUT2D eigenvalue weighted by Crippen LogP contribution is 2.25. The minimum atomic E-state index is -0.177. The smallest absolute Gasteiger partial charge is 0.253 e. The highest BCUT2D eigenvalue weighted by Gasteiger charge is 2.26. The van der Waals surface area contributed by atoms with Crippen LogP contribution in [0.15, 0.2) is 18.2 Å². The Morgan fingerprint density at radius 2 is 2.04 bits per heavy atom. The first-order valence-electron chi connectivity index (χ1n) is 8.17. The van der Waals surface area contributed by atoms with Crippen molar-refractivity contribution in [2.24, 2.45) is 5.92 Å². The predicted molar refractivity (Wildman–Crippen MR) is 90.8 cm³/mol. The van der Waals surface area contributed by atoms with E-state index >= 15 is 0 Å². The van der Waals surface area contributed by atoms with Crippen molar-refractivity contribution in [3.63, 3.8) is 0 Å². The van der Waals surface area contributed by atoms with Crippen LogP contribution in [0.5, 0.6) is 0 Å². The number of rotatable bonds is 4. The topological polar surface area (TPSA) is 70.2 Å². The van der Waals surface area contributed by atoms with Gasteiger partial charge in [0.05, 0.1) is 10.6 Å². The van der Waals surface area contributed by atoms with Crippen LogP contribution in [0.4, 0.5) is 5.69 Å². The molecule has 2 amide bonds. The zero-order valence-electron chi connectivity index (χ0n) is 13.2. The van der Waals surface area contributed by atoms with Crippen LogP contribution in [0, 0.1) is 5.92 Å². The Morgan fingerprint density at radius 3 is 2.74 bits per heavy atom. The molecular weight excluding hydrogens is 314 g/mol. The maximum atomic E-state index is 12.4. The van der Waals surface area contributed by atoms with Crippen molar-refractivity contribution in [1.82, 2.24) is 10.6 Å². The van der Waals surface area contributed by atoms with E-state index in [9.17, 15) is 9.59 Å². The molecule has 0 aromatic heterocycles. The number of amides is 2. The summed E-state index contributed by atoms with van der Waals surface area (Å²) in [6.07, 6.45) is 3.70. The molecule has 2 fully saturated rings. The molecule has 2 aliphatic rings. The Labute approximate surface area is 141 Å². The molecule has 1 aromatic rings. The first-order chi connectivity index (χ1) is 11.0. The third kappa shape index (κ3) is 4.24. The van der Waals surface area contributed by atoms with Gasteiger partial charge in [0, 0.05) is 23.7 Å². The van der Waals surface area contributed by atoms with Crippen LogP contribution in [0.3, 0.4) is 0 Å². The molecule has 1 aliphatic heterocycles. The molecule has 3 rings (SSSR count). The molecule has 0 spiro atoms. The van der Waals surface area contributed by atoms with Crippen LogP contribution >= 0.6 is 11.6 Å². The summed E-state index contributed by atoms with van der Waals surface area (Å²) in [7, 11) is 0. The number of benzene rings is 1. The van der Waals surface area contributed by atoms with Crippen molar-refractivity contribution in [1.29, 1.82) is 0 Å². The second kappa shape index (κ2) is 6.89. The average molecular weight is 336 g/mol. The van der Waals surface area contributed by atoms with Crippen molar-refractivity contribution in [3.8, 4) is 0 Å². The summed E-state index contributed by atoms with van der Waals surface area (Å²) in [4.78, 5) is 24.6. The third-order valence-electron chi connectivity index (χ3n) is 4.39. The molecule has 1 aliphatic carbocycles. The van der Waals surface area contributed by atoms with Crippen LogP contribution in [0.2, 0.25) is 5.02 Å². The second-order valence-corrected chi connectivity index (χ2v) is 6.92. The van der Waals surface area contributed by atoms with Gasteiger partial charge in [-0.1, -0.05) is 11.6 Å². The molecule has 3 N–H and O–H groups in total. The lowest BCUT2D eigenvalue weighted by molar-refractivity contribution is -0.120. The normalized spacial score (nSPS) is 24.1. The first kappa shape index (κ1) is 16.3. The molecule has 0 radical (unpaired) electrons.